The third-order valence-electron chi connectivity index (χ3n) is 2.42. The van der Waals surface area contributed by atoms with E-state index in [4.69, 9.17) is 16.4 Å². The highest BCUT2D eigenvalue weighted by Crippen LogP contribution is 2.27. The average molecular weight is 198 g/mol. The fourth-order valence-corrected chi connectivity index (χ4v) is 1.80. The van der Waals surface area contributed by atoms with Crippen LogP contribution in [0.2, 0.25) is 5.02 Å². The van der Waals surface area contributed by atoms with Crippen LogP contribution in [0.5, 0.6) is 0 Å². The summed E-state index contributed by atoms with van der Waals surface area (Å²) in [6.07, 6.45) is 1.02. The molecule has 0 saturated carbocycles. The number of nitrogens with one attached hydrogen (secondary N) is 1. The maximum absolute atomic E-state index is 6.02. The maximum atomic E-state index is 6.02. The molecule has 1 aliphatic rings. The summed E-state index contributed by atoms with van der Waals surface area (Å²) in [5, 5.41) is 0.825. The Labute approximate surface area is 82.8 Å². The highest BCUT2D eigenvalue weighted by atomic mass is 35.5. The van der Waals surface area contributed by atoms with Crippen LogP contribution in [0.4, 0.5) is 0 Å². The fourth-order valence-electron chi connectivity index (χ4n) is 1.62. The summed E-state index contributed by atoms with van der Waals surface area (Å²) in [6, 6.07) is 6.28. The molecule has 0 amide bonds. The van der Waals surface area contributed by atoms with Gasteiger partial charge in [-0.15, -0.1) is 0 Å². The first-order chi connectivity index (χ1) is 6.29. The predicted molar refractivity (Wildman–Crippen MR) is 52.6 cm³/mol. The lowest BCUT2D eigenvalue weighted by atomic mass is 10.0. The molecule has 1 aromatic rings. The number of hydroxylamine groups is 1. The molecule has 2 rings (SSSR count). The van der Waals surface area contributed by atoms with E-state index in [1.54, 1.807) is 0 Å². The molecule has 3 heteroatoms. The molecule has 0 bridgehead atoms. The molecule has 1 N–H and O–H groups in total. The number of halogens is 1. The molecule has 13 heavy (non-hydrogen) atoms. The Morgan fingerprint density at radius 2 is 2.38 bits per heavy atom. The van der Waals surface area contributed by atoms with Crippen molar-refractivity contribution in [3.05, 3.63) is 34.3 Å². The van der Waals surface area contributed by atoms with Crippen molar-refractivity contribution in [2.45, 2.75) is 19.4 Å². The maximum Gasteiger partial charge on any atom is 0.0701 e. The Balaban J connectivity index is 2.33. The Hall–Kier alpha value is -0.570. The molecule has 1 fully saturated rings. The van der Waals surface area contributed by atoms with E-state index in [9.17, 15) is 0 Å². The minimum atomic E-state index is 0.304. The van der Waals surface area contributed by atoms with Crippen molar-refractivity contribution in [3.63, 3.8) is 0 Å². The van der Waals surface area contributed by atoms with Crippen LogP contribution in [-0.4, -0.2) is 6.61 Å². The van der Waals surface area contributed by atoms with Crippen LogP contribution in [0, 0.1) is 6.92 Å². The topological polar surface area (TPSA) is 21.3 Å². The summed E-state index contributed by atoms with van der Waals surface area (Å²) in [6.45, 7) is 2.81. The van der Waals surface area contributed by atoms with Gasteiger partial charge in [0.25, 0.3) is 0 Å². The number of hydrogen-bond donors (Lipinski definition) is 1. The van der Waals surface area contributed by atoms with Gasteiger partial charge in [0.2, 0.25) is 0 Å². The molecule has 1 atom stereocenters. The fraction of sp³-hybridized carbons (Fsp3) is 0.400. The molecule has 0 spiro atoms. The van der Waals surface area contributed by atoms with E-state index in [0.29, 0.717) is 6.04 Å². The molecular formula is C10H12ClNO. The standard InChI is InChI=1S/C10H12ClNO/c1-7-8(3-2-4-9(7)11)10-5-6-13-12-10/h2-4,10,12H,5-6H2,1H3. The van der Waals surface area contributed by atoms with Gasteiger partial charge in [0.1, 0.15) is 0 Å². The molecule has 1 heterocycles. The molecule has 1 aliphatic heterocycles. The predicted octanol–water partition coefficient (Wildman–Crippen LogP) is 2.61. The highest BCUT2D eigenvalue weighted by Gasteiger charge is 2.19. The van der Waals surface area contributed by atoms with Crippen molar-refractivity contribution in [2.75, 3.05) is 6.61 Å². The van der Waals surface area contributed by atoms with Crippen LogP contribution in [0.3, 0.4) is 0 Å². The smallest absolute Gasteiger partial charge is 0.0701 e. The summed E-state index contributed by atoms with van der Waals surface area (Å²) in [7, 11) is 0. The highest BCUT2D eigenvalue weighted by molar-refractivity contribution is 6.31. The molecule has 1 unspecified atom stereocenters. The van der Waals surface area contributed by atoms with Gasteiger partial charge in [0.15, 0.2) is 0 Å². The Bertz CT molecular complexity index is 308. The van der Waals surface area contributed by atoms with Crippen molar-refractivity contribution in [1.82, 2.24) is 5.48 Å². The van der Waals surface area contributed by atoms with Crippen molar-refractivity contribution in [1.29, 1.82) is 0 Å². The van der Waals surface area contributed by atoms with Gasteiger partial charge in [-0.1, -0.05) is 23.7 Å². The second-order valence-electron chi connectivity index (χ2n) is 3.26. The zero-order valence-electron chi connectivity index (χ0n) is 7.51. The van der Waals surface area contributed by atoms with Crippen LogP contribution >= 0.6 is 11.6 Å². The van der Waals surface area contributed by atoms with E-state index < -0.39 is 0 Å². The molecule has 1 saturated heterocycles. The lowest BCUT2D eigenvalue weighted by Crippen LogP contribution is -2.12. The van der Waals surface area contributed by atoms with E-state index in [2.05, 4.69) is 11.5 Å². The van der Waals surface area contributed by atoms with Crippen LogP contribution in [0.1, 0.15) is 23.6 Å². The van der Waals surface area contributed by atoms with Crippen LogP contribution in [0.25, 0.3) is 0 Å². The van der Waals surface area contributed by atoms with E-state index in [1.165, 1.54) is 5.56 Å². The molecule has 0 aromatic heterocycles. The second-order valence-corrected chi connectivity index (χ2v) is 3.67. The first-order valence-electron chi connectivity index (χ1n) is 4.41. The number of rotatable bonds is 1. The molecule has 1 aromatic carbocycles. The molecular weight excluding hydrogens is 186 g/mol. The van der Waals surface area contributed by atoms with Gasteiger partial charge in [0.05, 0.1) is 12.6 Å². The quantitative estimate of drug-likeness (QED) is 0.748. The molecule has 70 valence electrons. The molecule has 2 nitrogen and oxygen atoms in total. The van der Waals surface area contributed by atoms with Crippen molar-refractivity contribution in [2.24, 2.45) is 0 Å². The van der Waals surface area contributed by atoms with Gasteiger partial charge < -0.3 is 4.84 Å². The van der Waals surface area contributed by atoms with Crippen LogP contribution in [-0.2, 0) is 4.84 Å². The van der Waals surface area contributed by atoms with Crippen LogP contribution < -0.4 is 5.48 Å². The van der Waals surface area contributed by atoms with Gasteiger partial charge in [-0.05, 0) is 30.5 Å². The van der Waals surface area contributed by atoms with E-state index in [1.807, 2.05) is 19.1 Å². The number of hydrogen-bond acceptors (Lipinski definition) is 2. The van der Waals surface area contributed by atoms with Gasteiger partial charge >= 0.3 is 0 Å². The van der Waals surface area contributed by atoms with Gasteiger partial charge in [-0.3, -0.25) is 0 Å². The third kappa shape index (κ3) is 1.70. The lowest BCUT2D eigenvalue weighted by molar-refractivity contribution is 0.0882. The summed E-state index contributed by atoms with van der Waals surface area (Å²) < 4.78 is 0. The van der Waals surface area contributed by atoms with Gasteiger partial charge in [-0.2, -0.15) is 5.48 Å². The Morgan fingerprint density at radius 1 is 1.54 bits per heavy atom. The van der Waals surface area contributed by atoms with E-state index >= 15 is 0 Å². The van der Waals surface area contributed by atoms with Crippen molar-refractivity contribution < 1.29 is 4.84 Å². The molecule has 0 radical (unpaired) electrons. The first kappa shape index (κ1) is 9.00. The van der Waals surface area contributed by atoms with Crippen molar-refractivity contribution in [3.8, 4) is 0 Å². The summed E-state index contributed by atoms with van der Waals surface area (Å²) in [4.78, 5) is 5.11. The zero-order valence-corrected chi connectivity index (χ0v) is 8.27. The van der Waals surface area contributed by atoms with Gasteiger partial charge in [0, 0.05) is 5.02 Å². The monoisotopic (exact) mass is 197 g/mol. The summed E-state index contributed by atoms with van der Waals surface area (Å²) in [5.41, 5.74) is 5.37. The minimum Gasteiger partial charge on any atom is -0.301 e. The minimum absolute atomic E-state index is 0.304. The zero-order chi connectivity index (χ0) is 9.26. The third-order valence-corrected chi connectivity index (χ3v) is 2.83. The number of benzene rings is 1. The lowest BCUT2D eigenvalue weighted by Gasteiger charge is -2.12. The Kier molecular flexibility index (Phi) is 2.54. The molecule has 0 aliphatic carbocycles. The normalized spacial score (nSPS) is 22.2. The second kappa shape index (κ2) is 3.66. The van der Waals surface area contributed by atoms with Gasteiger partial charge in [-0.25, -0.2) is 0 Å². The summed E-state index contributed by atoms with van der Waals surface area (Å²) in [5.74, 6) is 0. The van der Waals surface area contributed by atoms with E-state index in [-0.39, 0.29) is 0 Å². The van der Waals surface area contributed by atoms with Crippen LogP contribution in [0.15, 0.2) is 18.2 Å². The largest absolute Gasteiger partial charge is 0.301 e. The van der Waals surface area contributed by atoms with Crippen molar-refractivity contribution >= 4 is 11.6 Å². The first-order valence-corrected chi connectivity index (χ1v) is 4.79. The average Bonchev–Trinajstić information content (AvgIpc) is 2.62. The summed E-state index contributed by atoms with van der Waals surface area (Å²) >= 11 is 6.02. The SMILES string of the molecule is Cc1c(Cl)cccc1C1CCON1. The Morgan fingerprint density at radius 3 is 3.08 bits per heavy atom. The van der Waals surface area contributed by atoms with E-state index in [0.717, 1.165) is 23.6 Å².